The monoisotopic (exact) mass is 308 g/mol. The number of nitrogens with one attached hydrogen (secondary N) is 1. The van der Waals surface area contributed by atoms with Gasteiger partial charge >= 0.3 is 0 Å². The van der Waals surface area contributed by atoms with Crippen molar-refractivity contribution in [1.82, 2.24) is 9.97 Å². The summed E-state index contributed by atoms with van der Waals surface area (Å²) < 4.78 is 0. The van der Waals surface area contributed by atoms with Crippen molar-refractivity contribution in [2.45, 2.75) is 19.9 Å². The molecule has 1 aromatic heterocycles. The van der Waals surface area contributed by atoms with Crippen molar-refractivity contribution in [1.29, 1.82) is 0 Å². The smallest absolute Gasteiger partial charge is 0.165 e. The average molecular weight is 308 g/mol. The Kier molecular flexibility index (Phi) is 4.12. The van der Waals surface area contributed by atoms with E-state index >= 15 is 0 Å². The van der Waals surface area contributed by atoms with Gasteiger partial charge in [-0.15, -0.1) is 0 Å². The molecule has 3 aromatic rings. The van der Waals surface area contributed by atoms with Gasteiger partial charge in [-0.1, -0.05) is 24.3 Å². The summed E-state index contributed by atoms with van der Waals surface area (Å²) in [5.74, 6) is 1.43. The van der Waals surface area contributed by atoms with Gasteiger partial charge in [0.2, 0.25) is 0 Å². The lowest BCUT2D eigenvalue weighted by molar-refractivity contribution is 0.473. The number of fused-ring (bicyclic) bond motifs is 1. The molecule has 118 valence electrons. The Morgan fingerprint density at radius 3 is 2.70 bits per heavy atom. The number of hydrogen-bond donors (Lipinski definition) is 3. The molecule has 0 bridgehead atoms. The Labute approximate surface area is 135 Å². The van der Waals surface area contributed by atoms with Crippen molar-refractivity contribution in [3.63, 3.8) is 0 Å². The number of aryl methyl sites for hydroxylation is 1. The number of aromatic hydroxyl groups is 1. The van der Waals surface area contributed by atoms with E-state index in [1.165, 1.54) is 0 Å². The third-order valence-electron chi connectivity index (χ3n) is 3.67. The molecule has 3 rings (SSSR count). The van der Waals surface area contributed by atoms with Crippen LogP contribution in [0.15, 0.2) is 42.5 Å². The lowest BCUT2D eigenvalue weighted by Gasteiger charge is -2.13. The molecule has 0 aliphatic rings. The zero-order valence-corrected chi connectivity index (χ0v) is 13.2. The quantitative estimate of drug-likeness (QED) is 0.690. The summed E-state index contributed by atoms with van der Waals surface area (Å²) >= 11 is 0. The number of aromatic nitrogens is 2. The van der Waals surface area contributed by atoms with Gasteiger partial charge in [0, 0.05) is 18.0 Å². The molecule has 0 aliphatic heterocycles. The average Bonchev–Trinajstić information content (AvgIpc) is 2.55. The van der Waals surface area contributed by atoms with E-state index in [-0.39, 0.29) is 11.8 Å². The number of rotatable bonds is 4. The Balaban J connectivity index is 2.16. The maximum atomic E-state index is 10.3. The first-order valence-electron chi connectivity index (χ1n) is 7.61. The van der Waals surface area contributed by atoms with E-state index in [2.05, 4.69) is 15.3 Å². The van der Waals surface area contributed by atoms with Gasteiger partial charge < -0.3 is 16.2 Å². The number of nitrogens with zero attached hydrogens (tertiary/aromatic N) is 2. The standard InChI is InChI=1S/C18H20N4O/c1-11-6-5-8-14(16(11)23)18-21-15-9-4-3-7-13(15)17(22-18)20-10-12(2)19/h3-9,12,23H,10,19H2,1-2H3,(H,20,21,22)/t12-/m1/s1. The minimum Gasteiger partial charge on any atom is -0.507 e. The predicted octanol–water partition coefficient (Wildman–Crippen LogP) is 3.07. The third kappa shape index (κ3) is 3.10. The number of anilines is 1. The van der Waals surface area contributed by atoms with Crippen LogP contribution >= 0.6 is 0 Å². The first-order chi connectivity index (χ1) is 11.1. The fourth-order valence-corrected chi connectivity index (χ4v) is 2.43. The fourth-order valence-electron chi connectivity index (χ4n) is 2.43. The molecule has 1 atom stereocenters. The van der Waals surface area contributed by atoms with E-state index in [9.17, 15) is 5.11 Å². The number of nitrogens with two attached hydrogens (primary N) is 1. The third-order valence-corrected chi connectivity index (χ3v) is 3.67. The number of phenols is 1. The van der Waals surface area contributed by atoms with Crippen LogP contribution in [0, 0.1) is 6.92 Å². The van der Waals surface area contributed by atoms with Crippen molar-refractivity contribution in [3.05, 3.63) is 48.0 Å². The molecule has 0 saturated heterocycles. The first kappa shape index (κ1) is 15.2. The van der Waals surface area contributed by atoms with E-state index in [1.54, 1.807) is 0 Å². The molecular formula is C18H20N4O. The highest BCUT2D eigenvalue weighted by atomic mass is 16.3. The van der Waals surface area contributed by atoms with E-state index in [1.807, 2.05) is 56.3 Å². The van der Waals surface area contributed by atoms with E-state index < -0.39 is 0 Å². The highest BCUT2D eigenvalue weighted by molar-refractivity contribution is 5.91. The lowest BCUT2D eigenvalue weighted by Crippen LogP contribution is -2.25. The van der Waals surface area contributed by atoms with Crippen LogP contribution in [0.2, 0.25) is 0 Å². The molecule has 0 amide bonds. The molecule has 0 unspecified atom stereocenters. The van der Waals surface area contributed by atoms with E-state index in [4.69, 9.17) is 5.73 Å². The minimum atomic E-state index is 0.0135. The van der Waals surface area contributed by atoms with Crippen molar-refractivity contribution in [2.24, 2.45) is 5.73 Å². The molecular weight excluding hydrogens is 288 g/mol. The van der Waals surface area contributed by atoms with Gasteiger partial charge in [-0.05, 0) is 37.6 Å². The van der Waals surface area contributed by atoms with Gasteiger partial charge in [0.25, 0.3) is 0 Å². The Bertz CT molecular complexity index is 846. The van der Waals surface area contributed by atoms with Gasteiger partial charge in [-0.25, -0.2) is 9.97 Å². The summed E-state index contributed by atoms with van der Waals surface area (Å²) in [6.07, 6.45) is 0. The predicted molar refractivity (Wildman–Crippen MR) is 93.5 cm³/mol. The topological polar surface area (TPSA) is 84.1 Å². The zero-order chi connectivity index (χ0) is 16.4. The van der Waals surface area contributed by atoms with Crippen LogP contribution in [-0.2, 0) is 0 Å². The summed E-state index contributed by atoms with van der Waals surface area (Å²) in [5, 5.41) is 14.5. The molecule has 0 aliphatic carbocycles. The summed E-state index contributed by atoms with van der Waals surface area (Å²) in [5.41, 5.74) is 8.08. The summed E-state index contributed by atoms with van der Waals surface area (Å²) in [6.45, 7) is 4.40. The summed E-state index contributed by atoms with van der Waals surface area (Å²) in [6, 6.07) is 13.4. The van der Waals surface area contributed by atoms with Crippen molar-refractivity contribution in [2.75, 3.05) is 11.9 Å². The fraction of sp³-hybridized carbons (Fsp3) is 0.222. The van der Waals surface area contributed by atoms with E-state index in [0.29, 0.717) is 17.9 Å². The highest BCUT2D eigenvalue weighted by Gasteiger charge is 2.13. The molecule has 0 spiro atoms. The van der Waals surface area contributed by atoms with Crippen LogP contribution < -0.4 is 11.1 Å². The number of hydrogen-bond acceptors (Lipinski definition) is 5. The Morgan fingerprint density at radius 2 is 1.91 bits per heavy atom. The SMILES string of the molecule is Cc1cccc(-c2nc(NC[C@@H](C)N)c3ccccc3n2)c1O. The lowest BCUT2D eigenvalue weighted by atomic mass is 10.1. The molecule has 1 heterocycles. The van der Waals surface area contributed by atoms with Crippen LogP contribution in [0.25, 0.3) is 22.3 Å². The zero-order valence-electron chi connectivity index (χ0n) is 13.2. The number of phenolic OH excluding ortho intramolecular Hbond substituents is 1. The van der Waals surface area contributed by atoms with Gasteiger partial charge in [0.15, 0.2) is 5.82 Å². The second-order valence-corrected chi connectivity index (χ2v) is 5.74. The van der Waals surface area contributed by atoms with Crippen LogP contribution in [-0.4, -0.2) is 27.7 Å². The van der Waals surface area contributed by atoms with Gasteiger partial charge in [-0.2, -0.15) is 0 Å². The molecule has 2 aromatic carbocycles. The largest absolute Gasteiger partial charge is 0.507 e. The van der Waals surface area contributed by atoms with E-state index in [0.717, 1.165) is 22.3 Å². The van der Waals surface area contributed by atoms with Gasteiger partial charge in [-0.3, -0.25) is 0 Å². The molecule has 0 saturated carbocycles. The molecule has 5 heteroatoms. The van der Waals surface area contributed by atoms with Crippen LogP contribution in [0.1, 0.15) is 12.5 Å². The van der Waals surface area contributed by atoms with Crippen LogP contribution in [0.5, 0.6) is 5.75 Å². The molecule has 4 N–H and O–H groups in total. The van der Waals surface area contributed by atoms with Gasteiger partial charge in [0.1, 0.15) is 11.6 Å². The molecule has 0 radical (unpaired) electrons. The van der Waals surface area contributed by atoms with Gasteiger partial charge in [0.05, 0.1) is 11.1 Å². The molecule has 23 heavy (non-hydrogen) atoms. The maximum absolute atomic E-state index is 10.3. The maximum Gasteiger partial charge on any atom is 0.165 e. The second-order valence-electron chi connectivity index (χ2n) is 5.74. The van der Waals surface area contributed by atoms with Crippen molar-refractivity contribution in [3.8, 4) is 17.1 Å². The first-order valence-corrected chi connectivity index (χ1v) is 7.61. The summed E-state index contributed by atoms with van der Waals surface area (Å²) in [7, 11) is 0. The number of benzene rings is 2. The van der Waals surface area contributed by atoms with Crippen LogP contribution in [0.4, 0.5) is 5.82 Å². The minimum absolute atomic E-state index is 0.0135. The summed E-state index contributed by atoms with van der Waals surface area (Å²) in [4.78, 5) is 9.20. The second kappa shape index (κ2) is 6.22. The number of para-hydroxylation sites is 2. The van der Waals surface area contributed by atoms with Crippen LogP contribution in [0.3, 0.4) is 0 Å². The van der Waals surface area contributed by atoms with Crippen molar-refractivity contribution < 1.29 is 5.11 Å². The Hall–Kier alpha value is -2.66. The Morgan fingerprint density at radius 1 is 1.13 bits per heavy atom. The molecule has 5 nitrogen and oxygen atoms in total. The molecule has 0 fully saturated rings. The normalized spacial score (nSPS) is 12.3. The highest BCUT2D eigenvalue weighted by Crippen LogP contribution is 2.32. The van der Waals surface area contributed by atoms with Crippen molar-refractivity contribution >= 4 is 16.7 Å².